The molecule has 2 N–H and O–H groups in total. The van der Waals surface area contributed by atoms with Crippen molar-refractivity contribution in [3.63, 3.8) is 0 Å². The number of hydrogen-bond donors (Lipinski definition) is 2. The van der Waals surface area contributed by atoms with E-state index < -0.39 is 0 Å². The Morgan fingerprint density at radius 2 is 2.11 bits per heavy atom. The Hall–Kier alpha value is -1.55. The first-order valence-corrected chi connectivity index (χ1v) is 7.01. The second-order valence-electron chi connectivity index (χ2n) is 5.47. The fraction of sp³-hybridized carbons (Fsp3) is 0.533. The van der Waals surface area contributed by atoms with Crippen LogP contribution in [0, 0.1) is 11.8 Å². The van der Waals surface area contributed by atoms with E-state index in [9.17, 15) is 4.79 Å². The summed E-state index contributed by atoms with van der Waals surface area (Å²) in [6.07, 6.45) is 2.00. The van der Waals surface area contributed by atoms with Crippen LogP contribution in [0.2, 0.25) is 0 Å². The smallest absolute Gasteiger partial charge is 0.407 e. The summed E-state index contributed by atoms with van der Waals surface area (Å²) >= 11 is 0. The van der Waals surface area contributed by atoms with Crippen LogP contribution < -0.4 is 10.6 Å². The fourth-order valence-electron chi connectivity index (χ4n) is 3.24. The molecule has 19 heavy (non-hydrogen) atoms. The third kappa shape index (κ3) is 2.89. The maximum atomic E-state index is 11.8. The molecule has 2 fully saturated rings. The summed E-state index contributed by atoms with van der Waals surface area (Å²) in [5.74, 6) is 1.32. The van der Waals surface area contributed by atoms with Crippen LogP contribution in [0.5, 0.6) is 0 Å². The number of nitrogens with one attached hydrogen (secondary N) is 2. The van der Waals surface area contributed by atoms with Gasteiger partial charge in [0.1, 0.15) is 6.61 Å². The number of carbonyl (C=O) groups excluding carboxylic acids is 1. The highest BCUT2D eigenvalue weighted by Crippen LogP contribution is 2.34. The van der Waals surface area contributed by atoms with Gasteiger partial charge in [-0.1, -0.05) is 30.3 Å². The number of ether oxygens (including phenoxy) is 1. The fourth-order valence-corrected chi connectivity index (χ4v) is 3.24. The van der Waals surface area contributed by atoms with E-state index in [-0.39, 0.29) is 12.1 Å². The largest absolute Gasteiger partial charge is 0.445 e. The second kappa shape index (κ2) is 5.61. The Morgan fingerprint density at radius 3 is 2.95 bits per heavy atom. The predicted molar refractivity (Wildman–Crippen MR) is 72.6 cm³/mol. The number of amides is 1. The van der Waals surface area contributed by atoms with Crippen LogP contribution in [-0.4, -0.2) is 25.2 Å². The normalized spacial score (nSPS) is 28.9. The molecule has 1 aromatic rings. The second-order valence-corrected chi connectivity index (χ2v) is 5.47. The lowest BCUT2D eigenvalue weighted by atomic mass is 9.98. The summed E-state index contributed by atoms with van der Waals surface area (Å²) in [4.78, 5) is 11.8. The highest BCUT2D eigenvalue weighted by Gasteiger charge is 2.39. The molecule has 1 aliphatic carbocycles. The number of hydrogen-bond acceptors (Lipinski definition) is 3. The lowest BCUT2D eigenvalue weighted by Crippen LogP contribution is -2.39. The van der Waals surface area contributed by atoms with Crippen LogP contribution in [0.3, 0.4) is 0 Å². The van der Waals surface area contributed by atoms with E-state index in [1.54, 1.807) is 0 Å². The molecule has 1 aromatic carbocycles. The van der Waals surface area contributed by atoms with Crippen molar-refractivity contribution in [3.05, 3.63) is 35.9 Å². The van der Waals surface area contributed by atoms with Gasteiger partial charge < -0.3 is 15.4 Å². The number of fused-ring (bicyclic) bond motifs is 1. The van der Waals surface area contributed by atoms with Gasteiger partial charge in [0.25, 0.3) is 0 Å². The molecule has 0 bridgehead atoms. The van der Waals surface area contributed by atoms with Gasteiger partial charge in [-0.05, 0) is 36.8 Å². The summed E-state index contributed by atoms with van der Waals surface area (Å²) < 4.78 is 5.27. The first kappa shape index (κ1) is 12.5. The third-order valence-electron chi connectivity index (χ3n) is 4.27. The predicted octanol–water partition coefficient (Wildman–Crippen LogP) is 1.91. The van der Waals surface area contributed by atoms with Crippen molar-refractivity contribution >= 4 is 6.09 Å². The quantitative estimate of drug-likeness (QED) is 0.873. The van der Waals surface area contributed by atoms with Crippen molar-refractivity contribution in [2.75, 3.05) is 13.1 Å². The highest BCUT2D eigenvalue weighted by molar-refractivity contribution is 5.67. The topological polar surface area (TPSA) is 50.4 Å². The molecule has 2 aliphatic rings. The van der Waals surface area contributed by atoms with Crippen molar-refractivity contribution in [2.45, 2.75) is 25.5 Å². The minimum Gasteiger partial charge on any atom is -0.445 e. The lowest BCUT2D eigenvalue weighted by Gasteiger charge is -2.19. The minimum absolute atomic E-state index is 0.281. The third-order valence-corrected chi connectivity index (χ3v) is 4.27. The maximum absolute atomic E-state index is 11.8. The average molecular weight is 260 g/mol. The van der Waals surface area contributed by atoms with Crippen molar-refractivity contribution in [1.82, 2.24) is 10.6 Å². The molecule has 4 nitrogen and oxygen atoms in total. The zero-order valence-electron chi connectivity index (χ0n) is 11.0. The van der Waals surface area contributed by atoms with E-state index >= 15 is 0 Å². The molecule has 1 amide bonds. The summed E-state index contributed by atoms with van der Waals surface area (Å²) in [6.45, 7) is 2.46. The van der Waals surface area contributed by atoms with Gasteiger partial charge in [-0.2, -0.15) is 0 Å². The van der Waals surface area contributed by atoms with E-state index in [1.165, 1.54) is 6.42 Å². The molecule has 3 rings (SSSR count). The van der Waals surface area contributed by atoms with Crippen LogP contribution in [0.4, 0.5) is 4.79 Å². The summed E-state index contributed by atoms with van der Waals surface area (Å²) in [7, 11) is 0. The van der Waals surface area contributed by atoms with Crippen LogP contribution in [0.25, 0.3) is 0 Å². The molecule has 0 radical (unpaired) electrons. The molecular weight excluding hydrogens is 240 g/mol. The van der Waals surface area contributed by atoms with Gasteiger partial charge in [0.05, 0.1) is 0 Å². The van der Waals surface area contributed by atoms with Crippen molar-refractivity contribution in [2.24, 2.45) is 11.8 Å². The van der Waals surface area contributed by atoms with Crippen molar-refractivity contribution in [1.29, 1.82) is 0 Å². The van der Waals surface area contributed by atoms with Gasteiger partial charge in [-0.15, -0.1) is 0 Å². The molecule has 0 spiro atoms. The molecule has 1 saturated heterocycles. The average Bonchev–Trinajstić information content (AvgIpc) is 3.03. The summed E-state index contributed by atoms with van der Waals surface area (Å²) in [6, 6.07) is 10.0. The van der Waals surface area contributed by atoms with Crippen LogP contribution >= 0.6 is 0 Å². The van der Waals surface area contributed by atoms with Gasteiger partial charge in [0.15, 0.2) is 0 Å². The van der Waals surface area contributed by atoms with Crippen molar-refractivity contribution in [3.8, 4) is 0 Å². The van der Waals surface area contributed by atoms with Crippen LogP contribution in [0.1, 0.15) is 18.4 Å². The van der Waals surface area contributed by atoms with E-state index in [0.29, 0.717) is 12.5 Å². The molecule has 1 heterocycles. The Kier molecular flexibility index (Phi) is 3.69. The van der Waals surface area contributed by atoms with Gasteiger partial charge in [-0.3, -0.25) is 0 Å². The Labute approximate surface area is 113 Å². The van der Waals surface area contributed by atoms with Gasteiger partial charge in [-0.25, -0.2) is 4.79 Å². The molecule has 1 saturated carbocycles. The van der Waals surface area contributed by atoms with Crippen molar-refractivity contribution < 1.29 is 9.53 Å². The SMILES string of the molecule is O=C(NC1CCC2CNCC21)OCc1ccccc1. The zero-order valence-corrected chi connectivity index (χ0v) is 11.0. The van der Waals surface area contributed by atoms with Crippen LogP contribution in [0.15, 0.2) is 30.3 Å². The Bertz CT molecular complexity index is 435. The summed E-state index contributed by atoms with van der Waals surface area (Å²) in [5, 5.41) is 6.41. The number of benzene rings is 1. The molecule has 0 aromatic heterocycles. The standard InChI is InChI=1S/C15H20N2O2/c18-15(19-10-11-4-2-1-3-5-11)17-14-7-6-12-8-16-9-13(12)14/h1-5,12-14,16H,6-10H2,(H,17,18). The van der Waals surface area contributed by atoms with Crippen LogP contribution in [-0.2, 0) is 11.3 Å². The lowest BCUT2D eigenvalue weighted by molar-refractivity contribution is 0.133. The van der Waals surface area contributed by atoms with E-state index in [2.05, 4.69) is 10.6 Å². The minimum atomic E-state index is -0.290. The molecule has 1 aliphatic heterocycles. The number of rotatable bonds is 3. The first-order chi connectivity index (χ1) is 9.33. The zero-order chi connectivity index (χ0) is 13.1. The monoisotopic (exact) mass is 260 g/mol. The van der Waals surface area contributed by atoms with Gasteiger partial charge >= 0.3 is 6.09 Å². The molecule has 4 heteroatoms. The Morgan fingerprint density at radius 1 is 1.26 bits per heavy atom. The molecule has 3 atom stereocenters. The van der Waals surface area contributed by atoms with Gasteiger partial charge in [0, 0.05) is 12.6 Å². The van der Waals surface area contributed by atoms with E-state index in [4.69, 9.17) is 4.74 Å². The number of alkyl carbamates (subject to hydrolysis) is 1. The Balaban J connectivity index is 1.46. The summed E-state index contributed by atoms with van der Waals surface area (Å²) in [5.41, 5.74) is 1.02. The highest BCUT2D eigenvalue weighted by atomic mass is 16.5. The first-order valence-electron chi connectivity index (χ1n) is 7.01. The molecular formula is C15H20N2O2. The van der Waals surface area contributed by atoms with E-state index in [1.807, 2.05) is 30.3 Å². The van der Waals surface area contributed by atoms with E-state index in [0.717, 1.165) is 31.0 Å². The molecule has 3 unspecified atom stereocenters. The van der Waals surface area contributed by atoms with Gasteiger partial charge in [0.2, 0.25) is 0 Å². The molecule has 102 valence electrons. The maximum Gasteiger partial charge on any atom is 0.407 e. The number of carbonyl (C=O) groups is 1.